The van der Waals surface area contributed by atoms with Crippen LogP contribution >= 0.6 is 0 Å². The summed E-state index contributed by atoms with van der Waals surface area (Å²) < 4.78 is 0. The normalized spacial score (nSPS) is 10.7. The summed E-state index contributed by atoms with van der Waals surface area (Å²) in [6, 6.07) is 8.99. The summed E-state index contributed by atoms with van der Waals surface area (Å²) >= 11 is 0. The highest BCUT2D eigenvalue weighted by Gasteiger charge is 1.94. The van der Waals surface area contributed by atoms with E-state index in [-0.39, 0.29) is 0 Å². The first kappa shape index (κ1) is 14.2. The smallest absolute Gasteiger partial charge is 0.0205 e. The van der Waals surface area contributed by atoms with Gasteiger partial charge in [0.05, 0.1) is 0 Å². The molecule has 1 rings (SSSR count). The van der Waals surface area contributed by atoms with Gasteiger partial charge in [-0.2, -0.15) is 0 Å². The maximum absolute atomic E-state index is 3.48. The minimum absolute atomic E-state index is 0.992. The Bertz CT molecular complexity index is 279. The highest BCUT2D eigenvalue weighted by Crippen LogP contribution is 2.06. The van der Waals surface area contributed by atoms with E-state index in [9.17, 15) is 0 Å². The van der Waals surface area contributed by atoms with Crippen molar-refractivity contribution in [3.05, 3.63) is 35.4 Å². The third kappa shape index (κ3) is 6.44. The molecule has 0 aliphatic heterocycles. The molecule has 2 N–H and O–H groups in total. The van der Waals surface area contributed by atoms with Gasteiger partial charge in [-0.25, -0.2) is 0 Å². The fourth-order valence-corrected chi connectivity index (χ4v) is 1.90. The molecule has 0 unspecified atom stereocenters. The van der Waals surface area contributed by atoms with Gasteiger partial charge in [0.15, 0.2) is 0 Å². The van der Waals surface area contributed by atoms with E-state index in [1.165, 1.54) is 36.8 Å². The van der Waals surface area contributed by atoms with Gasteiger partial charge in [-0.1, -0.05) is 37.6 Å². The van der Waals surface area contributed by atoms with E-state index in [1.807, 2.05) is 7.05 Å². The van der Waals surface area contributed by atoms with Crippen LogP contribution in [0.4, 0.5) is 0 Å². The minimum atomic E-state index is 0.992. The monoisotopic (exact) mass is 234 g/mol. The largest absolute Gasteiger partial charge is 0.320 e. The molecule has 2 nitrogen and oxygen atoms in total. The molecule has 0 aliphatic rings. The number of rotatable bonds is 9. The van der Waals surface area contributed by atoms with Gasteiger partial charge in [0.2, 0.25) is 0 Å². The van der Waals surface area contributed by atoms with Crippen LogP contribution in [0.15, 0.2) is 24.3 Å². The van der Waals surface area contributed by atoms with Gasteiger partial charge in [0.1, 0.15) is 0 Å². The Hall–Kier alpha value is -0.860. The third-order valence-electron chi connectivity index (χ3n) is 2.92. The highest BCUT2D eigenvalue weighted by molar-refractivity contribution is 5.22. The maximum Gasteiger partial charge on any atom is 0.0205 e. The Kier molecular flexibility index (Phi) is 7.69. The molecule has 0 aromatic heterocycles. The second-order valence-electron chi connectivity index (χ2n) is 4.55. The second kappa shape index (κ2) is 9.20. The van der Waals surface area contributed by atoms with Crippen LogP contribution in [-0.4, -0.2) is 20.1 Å². The predicted molar refractivity (Wildman–Crippen MR) is 75.3 cm³/mol. The molecule has 1 aromatic carbocycles. The molecule has 0 saturated carbocycles. The zero-order chi connectivity index (χ0) is 12.3. The standard InChI is InChI=1S/C15H26N2/c1-3-6-14-7-9-15(10-8-14)13-17-12-5-4-11-16-2/h7-10,16-17H,3-6,11-13H2,1-2H3. The number of benzene rings is 1. The summed E-state index contributed by atoms with van der Waals surface area (Å²) in [7, 11) is 2.01. The maximum atomic E-state index is 3.48. The molecule has 0 bridgehead atoms. The van der Waals surface area contributed by atoms with Crippen molar-refractivity contribution in [1.82, 2.24) is 10.6 Å². The van der Waals surface area contributed by atoms with E-state index in [4.69, 9.17) is 0 Å². The lowest BCUT2D eigenvalue weighted by molar-refractivity contribution is 0.605. The lowest BCUT2D eigenvalue weighted by atomic mass is 10.1. The third-order valence-corrected chi connectivity index (χ3v) is 2.92. The van der Waals surface area contributed by atoms with Crippen molar-refractivity contribution in [3.8, 4) is 0 Å². The minimum Gasteiger partial charge on any atom is -0.320 e. The summed E-state index contributed by atoms with van der Waals surface area (Å²) in [5.74, 6) is 0. The summed E-state index contributed by atoms with van der Waals surface area (Å²) in [6.45, 7) is 5.44. The molecule has 2 heteroatoms. The summed E-state index contributed by atoms with van der Waals surface area (Å²) in [5.41, 5.74) is 2.84. The number of nitrogens with one attached hydrogen (secondary N) is 2. The number of hydrogen-bond acceptors (Lipinski definition) is 2. The van der Waals surface area contributed by atoms with E-state index < -0.39 is 0 Å². The fourth-order valence-electron chi connectivity index (χ4n) is 1.90. The Morgan fingerprint density at radius 1 is 0.941 bits per heavy atom. The van der Waals surface area contributed by atoms with Gasteiger partial charge in [-0.15, -0.1) is 0 Å². The van der Waals surface area contributed by atoms with Gasteiger partial charge in [-0.3, -0.25) is 0 Å². The van der Waals surface area contributed by atoms with Gasteiger partial charge in [0.25, 0.3) is 0 Å². The van der Waals surface area contributed by atoms with Gasteiger partial charge in [0, 0.05) is 6.54 Å². The molecule has 17 heavy (non-hydrogen) atoms. The van der Waals surface area contributed by atoms with Crippen LogP contribution in [0.5, 0.6) is 0 Å². The SMILES string of the molecule is CCCc1ccc(CNCCCCNC)cc1. The summed E-state index contributed by atoms with van der Waals surface area (Å²) in [4.78, 5) is 0. The molecule has 0 atom stereocenters. The molecule has 1 aromatic rings. The van der Waals surface area contributed by atoms with Crippen molar-refractivity contribution in [2.24, 2.45) is 0 Å². The van der Waals surface area contributed by atoms with Crippen molar-refractivity contribution in [1.29, 1.82) is 0 Å². The Labute approximate surface area is 106 Å². The van der Waals surface area contributed by atoms with Gasteiger partial charge in [-0.05, 0) is 50.5 Å². The van der Waals surface area contributed by atoms with Gasteiger partial charge >= 0.3 is 0 Å². The first-order valence-corrected chi connectivity index (χ1v) is 6.80. The molecular formula is C15H26N2. The molecule has 96 valence electrons. The predicted octanol–water partition coefficient (Wildman–Crippen LogP) is 2.73. The summed E-state index contributed by atoms with van der Waals surface area (Å²) in [5, 5.41) is 6.65. The molecule has 0 saturated heterocycles. The first-order valence-electron chi connectivity index (χ1n) is 6.80. The topological polar surface area (TPSA) is 24.1 Å². The van der Waals surface area contributed by atoms with E-state index in [0.29, 0.717) is 0 Å². The van der Waals surface area contributed by atoms with Crippen LogP contribution in [0.2, 0.25) is 0 Å². The van der Waals surface area contributed by atoms with Crippen molar-refractivity contribution < 1.29 is 0 Å². The Morgan fingerprint density at radius 2 is 1.59 bits per heavy atom. The van der Waals surface area contributed by atoms with Crippen LogP contribution < -0.4 is 10.6 Å². The Balaban J connectivity index is 2.14. The van der Waals surface area contributed by atoms with E-state index in [1.54, 1.807) is 0 Å². The average molecular weight is 234 g/mol. The van der Waals surface area contributed by atoms with E-state index in [0.717, 1.165) is 19.6 Å². The molecule has 0 fully saturated rings. The molecule has 0 heterocycles. The van der Waals surface area contributed by atoms with Crippen LogP contribution in [0.1, 0.15) is 37.3 Å². The molecule has 0 aliphatic carbocycles. The number of unbranched alkanes of at least 4 members (excludes halogenated alkanes) is 1. The van der Waals surface area contributed by atoms with Crippen LogP contribution in [0, 0.1) is 0 Å². The zero-order valence-corrected chi connectivity index (χ0v) is 11.3. The highest BCUT2D eigenvalue weighted by atomic mass is 14.8. The molecule has 0 spiro atoms. The average Bonchev–Trinajstić information content (AvgIpc) is 2.36. The van der Waals surface area contributed by atoms with Gasteiger partial charge < -0.3 is 10.6 Å². The first-order chi connectivity index (χ1) is 8.36. The molecule has 0 radical (unpaired) electrons. The number of aryl methyl sites for hydroxylation is 1. The lowest BCUT2D eigenvalue weighted by Gasteiger charge is -2.06. The van der Waals surface area contributed by atoms with Crippen LogP contribution in [0.25, 0.3) is 0 Å². The lowest BCUT2D eigenvalue weighted by Crippen LogP contribution is -2.16. The second-order valence-corrected chi connectivity index (χ2v) is 4.55. The fraction of sp³-hybridized carbons (Fsp3) is 0.600. The van der Waals surface area contributed by atoms with Crippen molar-refractivity contribution in [2.75, 3.05) is 20.1 Å². The Morgan fingerprint density at radius 3 is 2.24 bits per heavy atom. The van der Waals surface area contributed by atoms with Crippen LogP contribution in [0.3, 0.4) is 0 Å². The molecular weight excluding hydrogens is 208 g/mol. The van der Waals surface area contributed by atoms with E-state index >= 15 is 0 Å². The van der Waals surface area contributed by atoms with Crippen molar-refractivity contribution >= 4 is 0 Å². The van der Waals surface area contributed by atoms with Crippen LogP contribution in [-0.2, 0) is 13.0 Å². The summed E-state index contributed by atoms with van der Waals surface area (Å²) in [6.07, 6.45) is 4.91. The quantitative estimate of drug-likeness (QED) is 0.642. The zero-order valence-electron chi connectivity index (χ0n) is 11.3. The van der Waals surface area contributed by atoms with Crippen molar-refractivity contribution in [2.45, 2.75) is 39.2 Å². The van der Waals surface area contributed by atoms with E-state index in [2.05, 4.69) is 41.8 Å². The number of hydrogen-bond donors (Lipinski definition) is 2. The molecule has 0 amide bonds. The van der Waals surface area contributed by atoms with Crippen molar-refractivity contribution in [3.63, 3.8) is 0 Å².